The Balaban J connectivity index is 1.77. The van der Waals surface area contributed by atoms with Gasteiger partial charge in [-0.05, 0) is 73.0 Å². The first-order valence-electron chi connectivity index (χ1n) is 6.66. The molecule has 1 saturated heterocycles. The maximum Gasteiger partial charge on any atom is 0.335 e. The number of carboxylic acids is 1. The Morgan fingerprint density at radius 1 is 1.37 bits per heavy atom. The van der Waals surface area contributed by atoms with Gasteiger partial charge in [-0.1, -0.05) is 0 Å². The molecule has 0 aliphatic carbocycles. The Hall–Kier alpha value is -1.07. The number of rotatable bonds is 6. The molecule has 0 atom stereocenters. The predicted octanol–water partition coefficient (Wildman–Crippen LogP) is 3.05. The summed E-state index contributed by atoms with van der Waals surface area (Å²) in [6, 6.07) is 5.06. The van der Waals surface area contributed by atoms with Crippen LogP contribution in [0.5, 0.6) is 0 Å². The minimum Gasteiger partial charge on any atom is -0.478 e. The number of nitrogens with one attached hydrogen (secondary N) is 1. The summed E-state index contributed by atoms with van der Waals surface area (Å²) in [5, 5.41) is 12.2. The van der Waals surface area contributed by atoms with Crippen molar-refractivity contribution in [2.45, 2.75) is 19.3 Å². The van der Waals surface area contributed by atoms with Gasteiger partial charge in [0.05, 0.1) is 5.56 Å². The van der Waals surface area contributed by atoms with Gasteiger partial charge in [-0.3, -0.25) is 0 Å². The molecule has 5 heteroatoms. The lowest BCUT2D eigenvalue weighted by Crippen LogP contribution is -2.22. The maximum atomic E-state index is 10.8. The summed E-state index contributed by atoms with van der Waals surface area (Å²) in [5.74, 6) is -0.902. The summed E-state index contributed by atoms with van der Waals surface area (Å²) in [4.78, 5) is 13.3. The number of hydrogen-bond donors (Lipinski definition) is 2. The summed E-state index contributed by atoms with van der Waals surface area (Å²) in [7, 11) is 0. The zero-order chi connectivity index (χ0) is 13.7. The van der Waals surface area contributed by atoms with Crippen molar-refractivity contribution in [1.82, 2.24) is 4.90 Å². The average Bonchev–Trinajstić information content (AvgIpc) is 2.89. The van der Waals surface area contributed by atoms with Crippen molar-refractivity contribution in [3.63, 3.8) is 0 Å². The summed E-state index contributed by atoms with van der Waals surface area (Å²) >= 11 is 3.40. The number of anilines is 1. The van der Waals surface area contributed by atoms with Crippen LogP contribution in [0, 0.1) is 0 Å². The lowest BCUT2D eigenvalue weighted by Gasteiger charge is -2.15. The number of carboxylic acid groups (broad SMARTS) is 1. The van der Waals surface area contributed by atoms with Gasteiger partial charge in [-0.15, -0.1) is 0 Å². The number of likely N-dealkylation sites (tertiary alicyclic amines) is 1. The topological polar surface area (TPSA) is 52.6 Å². The van der Waals surface area contributed by atoms with Crippen molar-refractivity contribution in [2.75, 3.05) is 31.5 Å². The zero-order valence-corrected chi connectivity index (χ0v) is 12.4. The standard InChI is InChI=1S/C14H19BrN2O2/c15-12-10-11(14(18)19)4-5-13(12)16-6-3-9-17-7-1-2-8-17/h4-5,10,16H,1-3,6-9H2,(H,18,19). The lowest BCUT2D eigenvalue weighted by atomic mass is 10.2. The largest absolute Gasteiger partial charge is 0.478 e. The van der Waals surface area contributed by atoms with E-state index in [1.54, 1.807) is 12.1 Å². The molecule has 104 valence electrons. The van der Waals surface area contributed by atoms with Crippen molar-refractivity contribution in [3.05, 3.63) is 28.2 Å². The molecule has 1 aromatic rings. The lowest BCUT2D eigenvalue weighted by molar-refractivity contribution is 0.0697. The maximum absolute atomic E-state index is 10.8. The summed E-state index contributed by atoms with van der Waals surface area (Å²) in [6.45, 7) is 4.51. The molecule has 19 heavy (non-hydrogen) atoms. The van der Waals surface area contributed by atoms with Crippen LogP contribution >= 0.6 is 15.9 Å². The molecule has 4 nitrogen and oxygen atoms in total. The molecule has 1 aliphatic rings. The Morgan fingerprint density at radius 3 is 2.74 bits per heavy atom. The number of nitrogens with zero attached hydrogens (tertiary/aromatic N) is 1. The fraction of sp³-hybridized carbons (Fsp3) is 0.500. The van der Waals surface area contributed by atoms with E-state index in [-0.39, 0.29) is 0 Å². The van der Waals surface area contributed by atoms with Gasteiger partial charge in [0.15, 0.2) is 0 Å². The Morgan fingerprint density at radius 2 is 2.11 bits per heavy atom. The van der Waals surface area contributed by atoms with Crippen LogP contribution in [0.3, 0.4) is 0 Å². The fourth-order valence-electron chi connectivity index (χ4n) is 2.32. The van der Waals surface area contributed by atoms with Crippen LogP contribution in [0.4, 0.5) is 5.69 Å². The van der Waals surface area contributed by atoms with Crippen molar-refractivity contribution in [1.29, 1.82) is 0 Å². The van der Waals surface area contributed by atoms with E-state index in [2.05, 4.69) is 26.1 Å². The summed E-state index contributed by atoms with van der Waals surface area (Å²) in [5.41, 5.74) is 1.25. The van der Waals surface area contributed by atoms with E-state index >= 15 is 0 Å². The van der Waals surface area contributed by atoms with Crippen LogP contribution in [0.1, 0.15) is 29.6 Å². The van der Waals surface area contributed by atoms with E-state index in [0.717, 1.165) is 29.7 Å². The summed E-state index contributed by atoms with van der Waals surface area (Å²) in [6.07, 6.45) is 3.76. The second-order valence-corrected chi connectivity index (χ2v) is 5.68. The molecular formula is C14H19BrN2O2. The van der Waals surface area contributed by atoms with Crippen molar-refractivity contribution < 1.29 is 9.90 Å². The monoisotopic (exact) mass is 326 g/mol. The normalized spacial score (nSPS) is 15.6. The molecule has 2 N–H and O–H groups in total. The van der Waals surface area contributed by atoms with Crippen LogP contribution in [0.2, 0.25) is 0 Å². The molecule has 1 aromatic carbocycles. The second-order valence-electron chi connectivity index (χ2n) is 4.83. The first-order valence-corrected chi connectivity index (χ1v) is 7.45. The molecule has 0 spiro atoms. The van der Waals surface area contributed by atoms with E-state index < -0.39 is 5.97 Å². The average molecular weight is 327 g/mol. The summed E-state index contributed by atoms with van der Waals surface area (Å²) < 4.78 is 0.800. The highest BCUT2D eigenvalue weighted by molar-refractivity contribution is 9.10. The van der Waals surface area contributed by atoms with Crippen molar-refractivity contribution in [2.24, 2.45) is 0 Å². The van der Waals surface area contributed by atoms with Crippen LogP contribution in [-0.4, -0.2) is 42.2 Å². The second kappa shape index (κ2) is 6.91. The number of carbonyl (C=O) groups is 1. The van der Waals surface area contributed by atoms with E-state index in [1.165, 1.54) is 25.9 Å². The van der Waals surface area contributed by atoms with Crippen LogP contribution in [0.25, 0.3) is 0 Å². The highest BCUT2D eigenvalue weighted by Crippen LogP contribution is 2.23. The Kier molecular flexibility index (Phi) is 5.22. The molecule has 0 bridgehead atoms. The first kappa shape index (κ1) is 14.3. The van der Waals surface area contributed by atoms with Crippen LogP contribution < -0.4 is 5.32 Å². The van der Waals surface area contributed by atoms with Gasteiger partial charge in [-0.2, -0.15) is 0 Å². The Bertz CT molecular complexity index is 445. The van der Waals surface area contributed by atoms with Crippen LogP contribution in [0.15, 0.2) is 22.7 Å². The highest BCUT2D eigenvalue weighted by Gasteiger charge is 2.10. The van der Waals surface area contributed by atoms with Gasteiger partial charge in [0, 0.05) is 16.7 Å². The SMILES string of the molecule is O=C(O)c1ccc(NCCCN2CCCC2)c(Br)c1. The fourth-order valence-corrected chi connectivity index (χ4v) is 2.84. The van der Waals surface area contributed by atoms with Crippen LogP contribution in [-0.2, 0) is 0 Å². The van der Waals surface area contributed by atoms with Gasteiger partial charge in [-0.25, -0.2) is 4.79 Å². The number of hydrogen-bond acceptors (Lipinski definition) is 3. The van der Waals surface area contributed by atoms with Crippen molar-refractivity contribution in [3.8, 4) is 0 Å². The molecular weight excluding hydrogens is 308 g/mol. The third-order valence-electron chi connectivity index (χ3n) is 3.38. The van der Waals surface area contributed by atoms with E-state index in [1.807, 2.05) is 6.07 Å². The number of aromatic carboxylic acids is 1. The van der Waals surface area contributed by atoms with Crippen molar-refractivity contribution >= 4 is 27.6 Å². The molecule has 1 heterocycles. The molecule has 1 aliphatic heterocycles. The molecule has 0 aromatic heterocycles. The third kappa shape index (κ3) is 4.21. The quantitative estimate of drug-likeness (QED) is 0.789. The highest BCUT2D eigenvalue weighted by atomic mass is 79.9. The van der Waals surface area contributed by atoms with Gasteiger partial charge < -0.3 is 15.3 Å². The predicted molar refractivity (Wildman–Crippen MR) is 79.9 cm³/mol. The minimum atomic E-state index is -0.902. The molecule has 1 fully saturated rings. The smallest absolute Gasteiger partial charge is 0.335 e. The number of halogens is 1. The zero-order valence-electron chi connectivity index (χ0n) is 10.9. The minimum absolute atomic E-state index is 0.300. The molecule has 2 rings (SSSR count). The molecule has 0 saturated carbocycles. The first-order chi connectivity index (χ1) is 9.16. The number of benzene rings is 1. The van der Waals surface area contributed by atoms with E-state index in [0.29, 0.717) is 5.56 Å². The van der Waals surface area contributed by atoms with E-state index in [9.17, 15) is 4.79 Å². The van der Waals surface area contributed by atoms with Gasteiger partial charge in [0.1, 0.15) is 0 Å². The van der Waals surface area contributed by atoms with Gasteiger partial charge in [0.2, 0.25) is 0 Å². The van der Waals surface area contributed by atoms with Gasteiger partial charge >= 0.3 is 5.97 Å². The van der Waals surface area contributed by atoms with E-state index in [4.69, 9.17) is 5.11 Å². The molecule has 0 amide bonds. The third-order valence-corrected chi connectivity index (χ3v) is 4.04. The Labute approximate surface area is 121 Å². The molecule has 0 radical (unpaired) electrons. The molecule has 0 unspecified atom stereocenters. The van der Waals surface area contributed by atoms with Gasteiger partial charge in [0.25, 0.3) is 0 Å².